The Balaban J connectivity index is 1.69. The zero-order valence-corrected chi connectivity index (χ0v) is 11.1. The first-order valence-corrected chi connectivity index (χ1v) is 7.09. The summed E-state index contributed by atoms with van der Waals surface area (Å²) < 4.78 is 11.0. The molecule has 1 aliphatic rings. The van der Waals surface area contributed by atoms with E-state index in [1.807, 2.05) is 0 Å². The summed E-state index contributed by atoms with van der Waals surface area (Å²) in [7, 11) is 0. The maximum absolute atomic E-state index is 5.73. The van der Waals surface area contributed by atoms with Gasteiger partial charge in [-0.3, -0.25) is 0 Å². The molecule has 0 bridgehead atoms. The highest BCUT2D eigenvalue weighted by Gasteiger charge is 2.16. The van der Waals surface area contributed by atoms with Crippen molar-refractivity contribution in [3.05, 3.63) is 16.1 Å². The molecule has 1 atom stereocenters. The van der Waals surface area contributed by atoms with Gasteiger partial charge in [0.25, 0.3) is 0 Å². The van der Waals surface area contributed by atoms with Crippen LogP contribution in [0.4, 0.5) is 0 Å². The maximum atomic E-state index is 5.73. The quantitative estimate of drug-likeness (QED) is 0.757. The van der Waals surface area contributed by atoms with Crippen LogP contribution in [-0.4, -0.2) is 30.8 Å². The largest absolute Gasteiger partial charge is 0.379 e. The van der Waals surface area contributed by atoms with Gasteiger partial charge in [-0.1, -0.05) is 6.92 Å². The second kappa shape index (κ2) is 7.06. The van der Waals surface area contributed by atoms with Gasteiger partial charge in [0.15, 0.2) is 0 Å². The minimum absolute atomic E-state index is 0.262. The zero-order chi connectivity index (χ0) is 11.9. The minimum Gasteiger partial charge on any atom is -0.379 e. The summed E-state index contributed by atoms with van der Waals surface area (Å²) in [4.78, 5) is 4.53. The van der Waals surface area contributed by atoms with Crippen molar-refractivity contribution in [1.29, 1.82) is 0 Å². The Morgan fingerprint density at radius 2 is 2.59 bits per heavy atom. The normalized spacial score (nSPS) is 19.9. The Morgan fingerprint density at radius 1 is 1.65 bits per heavy atom. The molecular weight excluding hydrogens is 236 g/mol. The fourth-order valence-electron chi connectivity index (χ4n) is 1.72. The van der Waals surface area contributed by atoms with Crippen molar-refractivity contribution >= 4 is 11.3 Å². The summed E-state index contributed by atoms with van der Waals surface area (Å²) in [5.41, 5.74) is 1.04. The van der Waals surface area contributed by atoms with E-state index >= 15 is 0 Å². The number of hydrogen-bond donors (Lipinski definition) is 1. The van der Waals surface area contributed by atoms with Crippen LogP contribution in [0.1, 0.15) is 30.5 Å². The second-order valence-corrected chi connectivity index (χ2v) is 5.15. The van der Waals surface area contributed by atoms with Crippen LogP contribution in [-0.2, 0) is 22.6 Å². The number of aromatic nitrogens is 1. The lowest BCUT2D eigenvalue weighted by atomic mass is 10.3. The average molecular weight is 256 g/mol. The number of rotatable bonds is 7. The van der Waals surface area contributed by atoms with E-state index in [1.54, 1.807) is 11.3 Å². The predicted molar refractivity (Wildman–Crippen MR) is 68.1 cm³/mol. The van der Waals surface area contributed by atoms with Crippen LogP contribution >= 0.6 is 11.3 Å². The van der Waals surface area contributed by atoms with Gasteiger partial charge in [-0.05, 0) is 19.4 Å². The van der Waals surface area contributed by atoms with Gasteiger partial charge in [0.1, 0.15) is 5.01 Å². The molecule has 5 heteroatoms. The van der Waals surface area contributed by atoms with Crippen LogP contribution in [0.3, 0.4) is 0 Å². The standard InChI is InChI=1S/C12H20N2O2S/c1-2-4-13-6-12-14-10(9-17-12)7-16-11-3-5-15-8-11/h9,11,13H,2-8H2,1H3. The first-order valence-electron chi connectivity index (χ1n) is 6.22. The molecule has 17 heavy (non-hydrogen) atoms. The van der Waals surface area contributed by atoms with Crippen LogP contribution in [0.5, 0.6) is 0 Å². The van der Waals surface area contributed by atoms with Crippen molar-refractivity contribution in [3.8, 4) is 0 Å². The van der Waals surface area contributed by atoms with Gasteiger partial charge in [-0.15, -0.1) is 11.3 Å². The fourth-order valence-corrected chi connectivity index (χ4v) is 2.46. The van der Waals surface area contributed by atoms with E-state index in [4.69, 9.17) is 9.47 Å². The third-order valence-corrected chi connectivity index (χ3v) is 3.55. The molecule has 4 nitrogen and oxygen atoms in total. The van der Waals surface area contributed by atoms with Crippen molar-refractivity contribution < 1.29 is 9.47 Å². The van der Waals surface area contributed by atoms with Gasteiger partial charge in [-0.2, -0.15) is 0 Å². The molecular formula is C12H20N2O2S. The summed E-state index contributed by atoms with van der Waals surface area (Å²) in [6.07, 6.45) is 2.43. The molecule has 1 fully saturated rings. The molecule has 0 saturated carbocycles. The van der Waals surface area contributed by atoms with Crippen LogP contribution in [0.15, 0.2) is 5.38 Å². The van der Waals surface area contributed by atoms with Crippen LogP contribution < -0.4 is 5.32 Å². The first-order chi connectivity index (χ1) is 8.38. The van der Waals surface area contributed by atoms with E-state index in [1.165, 1.54) is 0 Å². The lowest BCUT2D eigenvalue weighted by molar-refractivity contribution is 0.0303. The molecule has 0 aromatic carbocycles. The Kier molecular flexibility index (Phi) is 5.38. The molecule has 0 aliphatic carbocycles. The van der Waals surface area contributed by atoms with E-state index in [2.05, 4.69) is 22.6 Å². The highest BCUT2D eigenvalue weighted by atomic mass is 32.1. The number of ether oxygens (including phenoxy) is 2. The topological polar surface area (TPSA) is 43.4 Å². The first kappa shape index (κ1) is 13.0. The Hall–Kier alpha value is -0.490. The van der Waals surface area contributed by atoms with Crippen molar-refractivity contribution in [1.82, 2.24) is 10.3 Å². The third kappa shape index (κ3) is 4.35. The SMILES string of the molecule is CCCNCc1nc(COC2CCOC2)cs1. The van der Waals surface area contributed by atoms with E-state index in [9.17, 15) is 0 Å². The molecule has 1 N–H and O–H groups in total. The Labute approximate surface area is 106 Å². The number of hydrogen-bond acceptors (Lipinski definition) is 5. The highest BCUT2D eigenvalue weighted by Crippen LogP contribution is 2.14. The molecule has 0 radical (unpaired) electrons. The predicted octanol–water partition coefficient (Wildman–Crippen LogP) is 1.95. The van der Waals surface area contributed by atoms with Gasteiger partial charge >= 0.3 is 0 Å². The van der Waals surface area contributed by atoms with Gasteiger partial charge < -0.3 is 14.8 Å². The Bertz CT molecular complexity index is 324. The zero-order valence-electron chi connectivity index (χ0n) is 10.3. The van der Waals surface area contributed by atoms with Crippen molar-refractivity contribution in [2.75, 3.05) is 19.8 Å². The minimum atomic E-state index is 0.262. The van der Waals surface area contributed by atoms with Crippen LogP contribution in [0.25, 0.3) is 0 Å². The molecule has 0 amide bonds. The molecule has 96 valence electrons. The van der Waals surface area contributed by atoms with Crippen molar-refractivity contribution in [2.45, 2.75) is 39.0 Å². The number of nitrogens with one attached hydrogen (secondary N) is 1. The summed E-state index contributed by atoms with van der Waals surface area (Å²) in [6.45, 7) is 6.24. The van der Waals surface area contributed by atoms with Crippen molar-refractivity contribution in [2.24, 2.45) is 0 Å². The summed E-state index contributed by atoms with van der Waals surface area (Å²) in [5, 5.41) is 6.57. The van der Waals surface area contributed by atoms with Gasteiger partial charge in [-0.25, -0.2) is 4.98 Å². The summed E-state index contributed by atoms with van der Waals surface area (Å²) in [5.74, 6) is 0. The summed E-state index contributed by atoms with van der Waals surface area (Å²) >= 11 is 1.70. The molecule has 1 aromatic heterocycles. The molecule has 2 heterocycles. The lowest BCUT2D eigenvalue weighted by Gasteiger charge is -2.07. The molecule has 1 aromatic rings. The molecule has 2 rings (SSSR count). The third-order valence-electron chi connectivity index (χ3n) is 2.66. The Morgan fingerprint density at radius 3 is 3.35 bits per heavy atom. The highest BCUT2D eigenvalue weighted by molar-refractivity contribution is 7.09. The van der Waals surface area contributed by atoms with Crippen molar-refractivity contribution in [3.63, 3.8) is 0 Å². The second-order valence-electron chi connectivity index (χ2n) is 4.21. The van der Waals surface area contributed by atoms with Crippen LogP contribution in [0.2, 0.25) is 0 Å². The van der Waals surface area contributed by atoms with E-state index < -0.39 is 0 Å². The van der Waals surface area contributed by atoms with Gasteiger partial charge in [0, 0.05) is 18.5 Å². The molecule has 1 aliphatic heterocycles. The fraction of sp³-hybridized carbons (Fsp3) is 0.750. The van der Waals surface area contributed by atoms with Gasteiger partial charge in [0.05, 0.1) is 25.0 Å². The average Bonchev–Trinajstić information content (AvgIpc) is 2.98. The number of thiazole rings is 1. The van der Waals surface area contributed by atoms with E-state index in [-0.39, 0.29) is 6.10 Å². The smallest absolute Gasteiger partial charge is 0.107 e. The molecule has 0 spiro atoms. The molecule has 1 unspecified atom stereocenters. The summed E-state index contributed by atoms with van der Waals surface area (Å²) in [6, 6.07) is 0. The number of nitrogens with zero attached hydrogens (tertiary/aromatic N) is 1. The van der Waals surface area contributed by atoms with Crippen LogP contribution in [0, 0.1) is 0 Å². The lowest BCUT2D eigenvalue weighted by Crippen LogP contribution is -2.14. The van der Waals surface area contributed by atoms with E-state index in [0.717, 1.165) is 49.8 Å². The van der Waals surface area contributed by atoms with E-state index in [0.29, 0.717) is 6.61 Å². The monoisotopic (exact) mass is 256 g/mol. The van der Waals surface area contributed by atoms with Gasteiger partial charge in [0.2, 0.25) is 0 Å². The maximum Gasteiger partial charge on any atom is 0.107 e. The molecule has 1 saturated heterocycles.